The van der Waals surface area contributed by atoms with Gasteiger partial charge in [-0.3, -0.25) is 4.79 Å². The third-order valence-corrected chi connectivity index (χ3v) is 3.88. The fourth-order valence-electron chi connectivity index (χ4n) is 2.08. The van der Waals surface area contributed by atoms with E-state index < -0.39 is 0 Å². The zero-order valence-electron chi connectivity index (χ0n) is 12.4. The van der Waals surface area contributed by atoms with Crippen molar-refractivity contribution in [2.45, 2.75) is 13.0 Å². The summed E-state index contributed by atoms with van der Waals surface area (Å²) in [6.45, 7) is 0.910. The number of halogens is 3. The molecule has 2 rings (SSSR count). The van der Waals surface area contributed by atoms with Crippen LogP contribution in [0.5, 0.6) is 0 Å². The van der Waals surface area contributed by atoms with E-state index in [1.54, 1.807) is 30.3 Å². The number of hydrogen-bond donors (Lipinski definition) is 2. The van der Waals surface area contributed by atoms with Crippen LogP contribution in [0.1, 0.15) is 11.1 Å². The van der Waals surface area contributed by atoms with Crippen molar-refractivity contribution >= 4 is 29.1 Å². The third-order valence-electron chi connectivity index (χ3n) is 3.29. The molecule has 0 unspecified atom stereocenters. The molecule has 0 aliphatic rings. The summed E-state index contributed by atoms with van der Waals surface area (Å²) in [6.07, 6.45) is 0.620. The van der Waals surface area contributed by atoms with Crippen molar-refractivity contribution in [3.63, 3.8) is 0 Å². The fourth-order valence-corrected chi connectivity index (χ4v) is 2.58. The van der Waals surface area contributed by atoms with Crippen LogP contribution in [-0.2, 0) is 17.8 Å². The van der Waals surface area contributed by atoms with E-state index in [4.69, 9.17) is 23.2 Å². The number of carbonyl (C=O) groups excluding carboxylic acids is 1. The molecule has 2 N–H and O–H groups in total. The Morgan fingerprint density at radius 3 is 2.61 bits per heavy atom. The molecule has 0 heterocycles. The van der Waals surface area contributed by atoms with Crippen molar-refractivity contribution in [2.24, 2.45) is 0 Å². The zero-order chi connectivity index (χ0) is 16.7. The Morgan fingerprint density at radius 2 is 1.87 bits per heavy atom. The lowest BCUT2D eigenvalue weighted by Crippen LogP contribution is -2.34. The number of hydrogen-bond acceptors (Lipinski definition) is 2. The molecule has 0 spiro atoms. The van der Waals surface area contributed by atoms with Gasteiger partial charge in [0, 0.05) is 28.7 Å². The molecule has 0 aliphatic heterocycles. The van der Waals surface area contributed by atoms with Crippen LogP contribution in [0, 0.1) is 5.82 Å². The third kappa shape index (κ3) is 5.82. The Labute approximate surface area is 144 Å². The van der Waals surface area contributed by atoms with Crippen LogP contribution >= 0.6 is 23.2 Å². The predicted octanol–water partition coefficient (Wildman–Crippen LogP) is 3.58. The minimum atomic E-state index is -0.280. The molecule has 122 valence electrons. The van der Waals surface area contributed by atoms with E-state index in [9.17, 15) is 9.18 Å². The highest BCUT2D eigenvalue weighted by Crippen LogP contribution is 2.20. The van der Waals surface area contributed by atoms with Gasteiger partial charge in [-0.05, 0) is 30.2 Å². The molecule has 0 fully saturated rings. The topological polar surface area (TPSA) is 41.1 Å². The normalized spacial score (nSPS) is 10.6. The van der Waals surface area contributed by atoms with E-state index in [2.05, 4.69) is 10.6 Å². The van der Waals surface area contributed by atoms with Crippen molar-refractivity contribution in [3.05, 3.63) is 69.5 Å². The second-order valence-corrected chi connectivity index (χ2v) is 5.87. The van der Waals surface area contributed by atoms with Crippen LogP contribution in [0.15, 0.2) is 42.5 Å². The molecule has 0 atom stereocenters. The molecule has 23 heavy (non-hydrogen) atoms. The van der Waals surface area contributed by atoms with E-state index >= 15 is 0 Å². The van der Waals surface area contributed by atoms with E-state index in [1.165, 1.54) is 6.07 Å². The van der Waals surface area contributed by atoms with E-state index in [0.717, 1.165) is 5.56 Å². The van der Waals surface area contributed by atoms with E-state index in [-0.39, 0.29) is 18.3 Å². The fraction of sp³-hybridized carbons (Fsp3) is 0.235. The quantitative estimate of drug-likeness (QED) is 0.797. The van der Waals surface area contributed by atoms with Gasteiger partial charge < -0.3 is 10.6 Å². The summed E-state index contributed by atoms with van der Waals surface area (Å²) >= 11 is 11.9. The van der Waals surface area contributed by atoms with E-state index in [0.29, 0.717) is 35.1 Å². The molecular formula is C17H17Cl2FN2O. The Morgan fingerprint density at radius 1 is 1.09 bits per heavy atom. The van der Waals surface area contributed by atoms with Gasteiger partial charge in [-0.1, -0.05) is 47.5 Å². The van der Waals surface area contributed by atoms with Gasteiger partial charge in [0.15, 0.2) is 0 Å². The Bertz CT molecular complexity index is 679. The minimum absolute atomic E-state index is 0.128. The van der Waals surface area contributed by atoms with Gasteiger partial charge in [-0.2, -0.15) is 0 Å². The van der Waals surface area contributed by atoms with Gasteiger partial charge in [-0.15, -0.1) is 0 Å². The summed E-state index contributed by atoms with van der Waals surface area (Å²) in [6, 6.07) is 11.8. The number of benzene rings is 2. The Balaban J connectivity index is 1.68. The lowest BCUT2D eigenvalue weighted by Gasteiger charge is -2.08. The summed E-state index contributed by atoms with van der Waals surface area (Å²) < 4.78 is 13.4. The highest BCUT2D eigenvalue weighted by molar-refractivity contribution is 6.35. The molecule has 3 nitrogen and oxygen atoms in total. The average molecular weight is 355 g/mol. The summed E-state index contributed by atoms with van der Waals surface area (Å²) in [5, 5.41) is 6.87. The van der Waals surface area contributed by atoms with Crippen molar-refractivity contribution in [3.8, 4) is 0 Å². The van der Waals surface area contributed by atoms with Crippen molar-refractivity contribution in [2.75, 3.05) is 13.1 Å². The molecule has 0 aliphatic carbocycles. The summed E-state index contributed by atoms with van der Waals surface area (Å²) in [7, 11) is 0. The van der Waals surface area contributed by atoms with Gasteiger partial charge in [-0.25, -0.2) is 4.39 Å². The van der Waals surface area contributed by atoms with Crippen LogP contribution in [0.25, 0.3) is 0 Å². The highest BCUT2D eigenvalue weighted by Gasteiger charge is 2.05. The number of carbonyl (C=O) groups is 1. The molecule has 2 aromatic carbocycles. The number of amides is 1. The molecule has 1 amide bonds. The highest BCUT2D eigenvalue weighted by atomic mass is 35.5. The van der Waals surface area contributed by atoms with Gasteiger partial charge in [0.25, 0.3) is 0 Å². The van der Waals surface area contributed by atoms with Gasteiger partial charge in [0.05, 0.1) is 6.54 Å². The van der Waals surface area contributed by atoms with Crippen molar-refractivity contribution in [1.82, 2.24) is 10.6 Å². The first kappa shape index (κ1) is 17.7. The maximum Gasteiger partial charge on any atom is 0.233 e. The zero-order valence-corrected chi connectivity index (χ0v) is 13.9. The second kappa shape index (κ2) is 8.87. The second-order valence-electron chi connectivity index (χ2n) is 5.03. The van der Waals surface area contributed by atoms with Gasteiger partial charge in [0.1, 0.15) is 5.82 Å². The summed E-state index contributed by atoms with van der Waals surface area (Å²) in [5.41, 5.74) is 1.46. The van der Waals surface area contributed by atoms with Crippen LogP contribution in [0.2, 0.25) is 10.0 Å². The first-order valence-electron chi connectivity index (χ1n) is 7.21. The SMILES string of the molecule is O=C(CNCc1ccccc1F)NCCc1ccc(Cl)cc1Cl. The summed E-state index contributed by atoms with van der Waals surface area (Å²) in [5.74, 6) is -0.427. The summed E-state index contributed by atoms with van der Waals surface area (Å²) in [4.78, 5) is 11.7. The average Bonchev–Trinajstić information content (AvgIpc) is 2.51. The molecule has 0 bridgehead atoms. The Kier molecular flexibility index (Phi) is 6.84. The molecule has 2 aromatic rings. The monoisotopic (exact) mass is 354 g/mol. The minimum Gasteiger partial charge on any atom is -0.355 e. The van der Waals surface area contributed by atoms with Gasteiger partial charge in [0.2, 0.25) is 5.91 Å². The first-order valence-corrected chi connectivity index (χ1v) is 7.96. The molecule has 6 heteroatoms. The van der Waals surface area contributed by atoms with Crippen LogP contribution in [0.4, 0.5) is 4.39 Å². The number of nitrogens with one attached hydrogen (secondary N) is 2. The predicted molar refractivity (Wildman–Crippen MR) is 91.3 cm³/mol. The largest absolute Gasteiger partial charge is 0.355 e. The maximum atomic E-state index is 13.4. The standard InChI is InChI=1S/C17H17Cl2FN2O/c18-14-6-5-12(15(19)9-14)7-8-22-17(23)11-21-10-13-3-1-2-4-16(13)20/h1-6,9,21H,7-8,10-11H2,(H,22,23). The lowest BCUT2D eigenvalue weighted by molar-refractivity contribution is -0.120. The maximum absolute atomic E-state index is 13.4. The van der Waals surface area contributed by atoms with Gasteiger partial charge >= 0.3 is 0 Å². The molecular weight excluding hydrogens is 338 g/mol. The van der Waals surface area contributed by atoms with Crippen molar-refractivity contribution < 1.29 is 9.18 Å². The van der Waals surface area contributed by atoms with Crippen molar-refractivity contribution in [1.29, 1.82) is 0 Å². The molecule has 0 saturated carbocycles. The lowest BCUT2D eigenvalue weighted by atomic mass is 10.1. The Hall–Kier alpha value is -1.62. The number of rotatable bonds is 7. The van der Waals surface area contributed by atoms with E-state index in [1.807, 2.05) is 6.07 Å². The van der Waals surface area contributed by atoms with Crippen LogP contribution < -0.4 is 10.6 Å². The van der Waals surface area contributed by atoms with Crippen LogP contribution in [0.3, 0.4) is 0 Å². The molecule has 0 radical (unpaired) electrons. The first-order chi connectivity index (χ1) is 11.1. The molecule has 0 aromatic heterocycles. The van der Waals surface area contributed by atoms with Crippen LogP contribution in [-0.4, -0.2) is 19.0 Å². The smallest absolute Gasteiger partial charge is 0.233 e. The molecule has 0 saturated heterocycles.